The van der Waals surface area contributed by atoms with Crippen LogP contribution in [0.1, 0.15) is 348 Å². The third kappa shape index (κ3) is 44.1. The number of unbranched alkanes of at least 4 members (excludes halogenated alkanes) is 45. The topological polar surface area (TPSA) is 74.2 Å². The third-order valence-electron chi connectivity index (χ3n) is 14.6. The molecule has 0 N–H and O–H groups in total. The number of carbonyl (C=O) groups is 2. The van der Waals surface area contributed by atoms with Gasteiger partial charge < -0.3 is 14.2 Å². The number of carbonyl (C=O) groups excluding carboxylic acids is 2. The van der Waals surface area contributed by atoms with Crippen LogP contribution in [0.3, 0.4) is 0 Å². The van der Waals surface area contributed by atoms with Crippen molar-refractivity contribution in [1.29, 1.82) is 0 Å². The summed E-state index contributed by atoms with van der Waals surface area (Å²) >= 11 is 0. The van der Waals surface area contributed by atoms with E-state index in [1.807, 2.05) is 0 Å². The molecule has 6 heteroatoms. The molecule has 0 aliphatic carbocycles. The molecule has 1 heterocycles. The van der Waals surface area contributed by atoms with Crippen LogP contribution in [-0.2, 0) is 23.8 Å². The van der Waals surface area contributed by atoms with Crippen LogP contribution in [0, 0.1) is 0 Å². The Kier molecular flexibility index (Phi) is 48.1. The molecule has 0 aromatic heterocycles. The highest BCUT2D eigenvalue weighted by Gasteiger charge is 2.40. The number of hydrogen-bond donors (Lipinski definition) is 0. The summed E-state index contributed by atoms with van der Waals surface area (Å²) in [6.07, 6.45) is 65.2. The van der Waals surface area contributed by atoms with Crippen molar-refractivity contribution in [3.8, 4) is 0 Å². The first-order chi connectivity index (χ1) is 33.0. The Morgan fingerprint density at radius 2 is 0.582 bits per heavy atom. The van der Waals surface area contributed by atoms with Crippen LogP contribution in [-0.4, -0.2) is 43.2 Å². The first-order valence-electron chi connectivity index (χ1n) is 30.6. The number of nitrogens with zero attached hydrogens (tertiary/aromatic N) is 1. The van der Waals surface area contributed by atoms with E-state index >= 15 is 0 Å². The predicted molar refractivity (Wildman–Crippen MR) is 291 cm³/mol. The van der Waals surface area contributed by atoms with Gasteiger partial charge in [0.1, 0.15) is 19.8 Å². The quantitative estimate of drug-likeness (QED) is 0.0449. The van der Waals surface area contributed by atoms with Gasteiger partial charge in [0.2, 0.25) is 0 Å². The molecule has 0 bridgehead atoms. The van der Waals surface area contributed by atoms with Gasteiger partial charge in [0.15, 0.2) is 11.4 Å². The molecule has 67 heavy (non-hydrogen) atoms. The maximum atomic E-state index is 12.9. The third-order valence-corrected chi connectivity index (χ3v) is 14.6. The van der Waals surface area contributed by atoms with E-state index in [4.69, 9.17) is 19.2 Å². The lowest BCUT2D eigenvalue weighted by Gasteiger charge is -2.23. The second kappa shape index (κ2) is 50.8. The zero-order valence-corrected chi connectivity index (χ0v) is 45.7. The van der Waals surface area contributed by atoms with Crippen LogP contribution in [0.5, 0.6) is 0 Å². The van der Waals surface area contributed by atoms with Crippen molar-refractivity contribution < 1.29 is 23.8 Å². The summed E-state index contributed by atoms with van der Waals surface area (Å²) < 4.78 is 17.8. The molecule has 0 saturated carbocycles. The largest absolute Gasteiger partial charge is 0.478 e. The molecule has 0 aromatic carbocycles. The van der Waals surface area contributed by atoms with Crippen molar-refractivity contribution in [2.24, 2.45) is 4.99 Å². The zero-order chi connectivity index (χ0) is 48.2. The molecule has 6 nitrogen and oxygen atoms in total. The first kappa shape index (κ1) is 63.4. The fourth-order valence-electron chi connectivity index (χ4n) is 9.90. The van der Waals surface area contributed by atoms with Crippen LogP contribution < -0.4 is 0 Å². The molecule has 1 aliphatic heterocycles. The predicted octanol–water partition coefficient (Wildman–Crippen LogP) is 20.2. The summed E-state index contributed by atoms with van der Waals surface area (Å²) in [5, 5.41) is 0. The van der Waals surface area contributed by atoms with Crippen LogP contribution in [0.2, 0.25) is 0 Å². The van der Waals surface area contributed by atoms with E-state index in [1.165, 1.54) is 276 Å². The molecule has 0 aromatic rings. The van der Waals surface area contributed by atoms with Gasteiger partial charge in [-0.2, -0.15) is 0 Å². The van der Waals surface area contributed by atoms with Crippen LogP contribution in [0.25, 0.3) is 0 Å². The van der Waals surface area contributed by atoms with Crippen molar-refractivity contribution in [2.75, 3.05) is 19.8 Å². The Bertz CT molecular complexity index is 1020. The van der Waals surface area contributed by atoms with Crippen molar-refractivity contribution in [3.05, 3.63) is 0 Å². The first-order valence-corrected chi connectivity index (χ1v) is 30.6. The highest BCUT2D eigenvalue weighted by molar-refractivity contribution is 5.78. The molecular weight excluding hydrogens is 827 g/mol. The number of aliphatic imine (C=N–C) groups is 1. The van der Waals surface area contributed by atoms with Crippen molar-refractivity contribution in [3.63, 3.8) is 0 Å². The number of rotatable bonds is 55. The highest BCUT2D eigenvalue weighted by atomic mass is 16.6. The average Bonchev–Trinajstić information content (AvgIpc) is 3.75. The van der Waals surface area contributed by atoms with Crippen LogP contribution in [0.15, 0.2) is 4.99 Å². The monoisotopic (exact) mass is 944 g/mol. The Morgan fingerprint density at radius 3 is 0.836 bits per heavy atom. The maximum absolute atomic E-state index is 12.9. The molecular formula is C61H117NO5. The Hall–Kier alpha value is -1.59. The van der Waals surface area contributed by atoms with Gasteiger partial charge in [-0.05, 0) is 19.3 Å². The molecule has 0 atom stereocenters. The van der Waals surface area contributed by atoms with E-state index in [9.17, 15) is 9.59 Å². The van der Waals surface area contributed by atoms with Gasteiger partial charge in [0.25, 0.3) is 0 Å². The van der Waals surface area contributed by atoms with Crippen molar-refractivity contribution >= 4 is 17.8 Å². The zero-order valence-electron chi connectivity index (χ0n) is 45.7. The van der Waals surface area contributed by atoms with Crippen molar-refractivity contribution in [2.45, 2.75) is 354 Å². The molecule has 0 spiro atoms. The summed E-state index contributed by atoms with van der Waals surface area (Å²) in [5.74, 6) is 0.379. The van der Waals surface area contributed by atoms with Gasteiger partial charge in [-0.15, -0.1) is 0 Å². The smallest absolute Gasteiger partial charge is 0.305 e. The summed E-state index contributed by atoms with van der Waals surface area (Å²) in [6, 6.07) is 0. The molecule has 0 unspecified atom stereocenters. The summed E-state index contributed by atoms with van der Waals surface area (Å²) in [6.45, 7) is 7.39. The van der Waals surface area contributed by atoms with E-state index in [0.29, 0.717) is 19.4 Å². The van der Waals surface area contributed by atoms with Gasteiger partial charge >= 0.3 is 11.9 Å². The lowest BCUT2D eigenvalue weighted by Crippen LogP contribution is -2.41. The Labute approximate surface area is 418 Å². The molecule has 1 aliphatic rings. The normalized spacial score (nSPS) is 13.3. The minimum Gasteiger partial charge on any atom is -0.478 e. The second-order valence-electron chi connectivity index (χ2n) is 21.5. The SMILES string of the molecule is CCCCCCCCCCCCCCCCCCC(=O)OCC1(COC(=O)CCCCCCCCCCCCCCCCCC)COC(CCCCCCCCCCCCCCCCCC)=N1. The molecule has 0 fully saturated rings. The summed E-state index contributed by atoms with van der Waals surface area (Å²) in [5.41, 5.74) is -0.834. The van der Waals surface area contributed by atoms with Crippen LogP contribution >= 0.6 is 0 Å². The van der Waals surface area contributed by atoms with Crippen molar-refractivity contribution in [1.82, 2.24) is 0 Å². The summed E-state index contributed by atoms with van der Waals surface area (Å²) in [4.78, 5) is 30.8. The minimum absolute atomic E-state index is 0.111. The van der Waals surface area contributed by atoms with E-state index in [2.05, 4.69) is 20.8 Å². The van der Waals surface area contributed by atoms with Gasteiger partial charge in [0, 0.05) is 19.3 Å². The highest BCUT2D eigenvalue weighted by Crippen LogP contribution is 2.25. The Morgan fingerprint density at radius 1 is 0.358 bits per heavy atom. The summed E-state index contributed by atoms with van der Waals surface area (Å²) in [7, 11) is 0. The lowest BCUT2D eigenvalue weighted by molar-refractivity contribution is -0.150. The molecule has 0 radical (unpaired) electrons. The average molecular weight is 945 g/mol. The fourth-order valence-corrected chi connectivity index (χ4v) is 9.90. The maximum Gasteiger partial charge on any atom is 0.305 e. The van der Waals surface area contributed by atoms with Gasteiger partial charge in [-0.25, -0.2) is 4.99 Å². The van der Waals surface area contributed by atoms with Gasteiger partial charge in [0.05, 0.1) is 0 Å². The minimum atomic E-state index is -0.834. The van der Waals surface area contributed by atoms with E-state index in [1.54, 1.807) is 0 Å². The second-order valence-corrected chi connectivity index (χ2v) is 21.5. The van der Waals surface area contributed by atoms with Gasteiger partial charge in [-0.1, -0.05) is 310 Å². The number of ether oxygens (including phenoxy) is 3. The van der Waals surface area contributed by atoms with Crippen LogP contribution in [0.4, 0.5) is 0 Å². The van der Waals surface area contributed by atoms with Gasteiger partial charge in [-0.3, -0.25) is 9.59 Å². The van der Waals surface area contributed by atoms with E-state index in [0.717, 1.165) is 44.4 Å². The molecule has 0 amide bonds. The van der Waals surface area contributed by atoms with E-state index in [-0.39, 0.29) is 25.2 Å². The standard InChI is InChI=1S/C61H117NO5/c1-4-7-10-13-16-19-22-25-28-31-34-37-40-43-46-49-52-58-62-61(55-65-58,56-66-59(63)53-50-47-44-41-38-35-32-29-26-23-20-17-14-11-8-5-2)57-67-60(64)54-51-48-45-42-39-36-33-30-27-24-21-18-15-12-9-6-3/h4-57H2,1-3H3. The Balaban J connectivity index is 2.32. The fraction of sp³-hybridized carbons (Fsp3) is 0.951. The molecule has 1 rings (SSSR count). The van der Waals surface area contributed by atoms with E-state index < -0.39 is 5.54 Å². The molecule has 396 valence electrons. The number of hydrogen-bond acceptors (Lipinski definition) is 6. The lowest BCUT2D eigenvalue weighted by atomic mass is 10.0. The number of esters is 2. The molecule has 0 saturated heterocycles.